The van der Waals surface area contributed by atoms with Crippen molar-refractivity contribution in [3.05, 3.63) is 0 Å². The van der Waals surface area contributed by atoms with Gasteiger partial charge in [0.05, 0.1) is 7.11 Å². The van der Waals surface area contributed by atoms with E-state index >= 15 is 0 Å². The first-order valence-electron chi connectivity index (χ1n) is 6.38. The molecule has 0 saturated heterocycles. The molecule has 98 valence electrons. The van der Waals surface area contributed by atoms with Crippen LogP contribution in [0.5, 0.6) is 0 Å². The second-order valence-electron chi connectivity index (χ2n) is 4.88. The molecule has 2 saturated carbocycles. The largest absolute Gasteiger partial charge is 0.300 e. The summed E-state index contributed by atoms with van der Waals surface area (Å²) in [5, 5.41) is 1.31. The number of hydrogen-bond donors (Lipinski definition) is 0. The fraction of sp³-hybridized carbons (Fsp3) is 0.846. The van der Waals surface area contributed by atoms with Gasteiger partial charge in [-0.25, -0.2) is 5.06 Å². The Morgan fingerprint density at radius 2 is 1.53 bits per heavy atom. The van der Waals surface area contributed by atoms with E-state index in [2.05, 4.69) is 0 Å². The molecule has 0 aromatic rings. The van der Waals surface area contributed by atoms with Crippen LogP contribution >= 0.6 is 0 Å². The zero-order valence-electron chi connectivity index (χ0n) is 11.1. The zero-order valence-corrected chi connectivity index (χ0v) is 11.1. The van der Waals surface area contributed by atoms with Crippen LogP contribution in [0.3, 0.4) is 0 Å². The maximum absolute atomic E-state index is 11.2. The lowest BCUT2D eigenvalue weighted by atomic mass is 9.83. The Kier molecular flexibility index (Phi) is 5.62. The van der Waals surface area contributed by atoms with E-state index < -0.39 is 0 Å². The average molecular weight is 241 g/mol. The molecule has 2 aliphatic rings. The molecular weight excluding hydrogens is 218 g/mol. The predicted molar refractivity (Wildman–Crippen MR) is 65.1 cm³/mol. The highest BCUT2D eigenvalue weighted by Gasteiger charge is 2.27. The highest BCUT2D eigenvalue weighted by Crippen LogP contribution is 2.27. The highest BCUT2D eigenvalue weighted by molar-refractivity contribution is 5.79. The molecule has 0 radical (unpaired) electrons. The Labute approximate surface area is 103 Å². The third kappa shape index (κ3) is 4.11. The molecule has 17 heavy (non-hydrogen) atoms. The third-order valence-electron chi connectivity index (χ3n) is 3.72. The number of hydrogen-bond acceptors (Lipinski definition) is 3. The van der Waals surface area contributed by atoms with E-state index in [9.17, 15) is 9.59 Å². The van der Waals surface area contributed by atoms with E-state index in [1.807, 2.05) is 0 Å². The van der Waals surface area contributed by atoms with Gasteiger partial charge < -0.3 is 0 Å². The van der Waals surface area contributed by atoms with E-state index in [4.69, 9.17) is 4.84 Å². The number of Topliss-reactive ketones (excluding diaryl/α,β-unsaturated/α-hetero) is 1. The fourth-order valence-corrected chi connectivity index (χ4v) is 1.82. The van der Waals surface area contributed by atoms with Crippen molar-refractivity contribution < 1.29 is 14.4 Å². The smallest absolute Gasteiger partial charge is 0.248 e. The molecule has 1 amide bonds. The first kappa shape index (κ1) is 14.2. The molecule has 4 nitrogen and oxygen atoms in total. The van der Waals surface area contributed by atoms with Gasteiger partial charge in [0, 0.05) is 18.9 Å². The SMILES string of the molecule is CC(=O)C1CCC1.CON(C)C(=O)C1CCC1. The van der Waals surface area contributed by atoms with Crippen LogP contribution in [0.25, 0.3) is 0 Å². The fourth-order valence-electron chi connectivity index (χ4n) is 1.82. The molecule has 0 aromatic heterocycles. The molecule has 2 fully saturated rings. The predicted octanol–water partition coefficient (Wildman–Crippen LogP) is 2.18. The van der Waals surface area contributed by atoms with Crippen molar-refractivity contribution in [3.8, 4) is 0 Å². The van der Waals surface area contributed by atoms with Crippen molar-refractivity contribution in [2.24, 2.45) is 11.8 Å². The summed E-state index contributed by atoms with van der Waals surface area (Å²) >= 11 is 0. The molecular formula is C13H23NO3. The van der Waals surface area contributed by atoms with Gasteiger partial charge in [0.2, 0.25) is 5.91 Å². The average Bonchev–Trinajstić information content (AvgIpc) is 2.11. The van der Waals surface area contributed by atoms with Crippen LogP contribution in [-0.2, 0) is 14.4 Å². The Morgan fingerprint density at radius 3 is 1.71 bits per heavy atom. The second kappa shape index (κ2) is 6.74. The molecule has 0 N–H and O–H groups in total. The van der Waals surface area contributed by atoms with E-state index in [1.165, 1.54) is 25.0 Å². The Morgan fingerprint density at radius 1 is 1.06 bits per heavy atom. The standard InChI is InChI=1S/C7H13NO2.C6H10O/c1-8(10-2)7(9)6-4-3-5-6;1-5(7)6-3-2-4-6/h6H,3-5H2,1-2H3;6H,2-4H2,1H3. The topological polar surface area (TPSA) is 46.6 Å². The van der Waals surface area contributed by atoms with Crippen molar-refractivity contribution in [1.82, 2.24) is 5.06 Å². The van der Waals surface area contributed by atoms with Crippen LogP contribution in [0, 0.1) is 11.8 Å². The van der Waals surface area contributed by atoms with E-state index in [1.54, 1.807) is 14.0 Å². The summed E-state index contributed by atoms with van der Waals surface area (Å²) in [5.41, 5.74) is 0. The molecule has 0 spiro atoms. The lowest BCUT2D eigenvalue weighted by Crippen LogP contribution is -2.35. The number of hydroxylamine groups is 2. The first-order chi connectivity index (χ1) is 8.06. The van der Waals surface area contributed by atoms with Crippen molar-refractivity contribution in [3.63, 3.8) is 0 Å². The molecule has 0 atom stereocenters. The minimum absolute atomic E-state index is 0.119. The highest BCUT2D eigenvalue weighted by atomic mass is 16.7. The maximum atomic E-state index is 11.2. The van der Waals surface area contributed by atoms with Gasteiger partial charge in [-0.2, -0.15) is 0 Å². The monoisotopic (exact) mass is 241 g/mol. The van der Waals surface area contributed by atoms with E-state index in [0.29, 0.717) is 11.7 Å². The van der Waals surface area contributed by atoms with Crippen molar-refractivity contribution in [2.45, 2.75) is 45.4 Å². The summed E-state index contributed by atoms with van der Waals surface area (Å²) in [5.74, 6) is 1.19. The van der Waals surface area contributed by atoms with Crippen molar-refractivity contribution in [1.29, 1.82) is 0 Å². The minimum atomic E-state index is 0.119. The summed E-state index contributed by atoms with van der Waals surface area (Å²) in [4.78, 5) is 26.3. The Bertz CT molecular complexity index is 263. The normalized spacial score (nSPS) is 19.5. The number of amides is 1. The second-order valence-corrected chi connectivity index (χ2v) is 4.88. The number of ketones is 1. The number of rotatable bonds is 3. The van der Waals surface area contributed by atoms with Gasteiger partial charge in [0.15, 0.2) is 0 Å². The summed E-state index contributed by atoms with van der Waals surface area (Å²) in [6, 6.07) is 0. The summed E-state index contributed by atoms with van der Waals surface area (Å²) in [7, 11) is 3.16. The van der Waals surface area contributed by atoms with Crippen molar-refractivity contribution in [2.75, 3.05) is 14.2 Å². The van der Waals surface area contributed by atoms with Crippen LogP contribution < -0.4 is 0 Å². The Balaban J connectivity index is 0.000000181. The molecule has 2 rings (SSSR count). The molecule has 0 aromatic carbocycles. The maximum Gasteiger partial charge on any atom is 0.248 e. The van der Waals surface area contributed by atoms with Crippen LogP contribution in [0.2, 0.25) is 0 Å². The van der Waals surface area contributed by atoms with Gasteiger partial charge in [0.25, 0.3) is 0 Å². The summed E-state index contributed by atoms with van der Waals surface area (Å²) in [6.07, 6.45) is 6.82. The quantitative estimate of drug-likeness (QED) is 0.711. The number of carbonyl (C=O) groups excluding carboxylic acids is 2. The van der Waals surface area contributed by atoms with Gasteiger partial charge in [-0.3, -0.25) is 14.4 Å². The molecule has 0 unspecified atom stereocenters. The zero-order chi connectivity index (χ0) is 12.8. The molecule has 0 aliphatic heterocycles. The summed E-state index contributed by atoms with van der Waals surface area (Å²) in [6.45, 7) is 1.68. The molecule has 0 bridgehead atoms. The van der Waals surface area contributed by atoms with Crippen LogP contribution in [0.15, 0.2) is 0 Å². The Hall–Kier alpha value is -0.900. The number of nitrogens with zero attached hydrogens (tertiary/aromatic N) is 1. The van der Waals surface area contributed by atoms with Crippen LogP contribution in [0.1, 0.15) is 45.4 Å². The van der Waals surface area contributed by atoms with E-state index in [-0.39, 0.29) is 11.8 Å². The van der Waals surface area contributed by atoms with Crippen LogP contribution in [-0.4, -0.2) is 30.9 Å². The minimum Gasteiger partial charge on any atom is -0.300 e. The van der Waals surface area contributed by atoms with Gasteiger partial charge in [-0.15, -0.1) is 0 Å². The first-order valence-corrected chi connectivity index (χ1v) is 6.38. The van der Waals surface area contributed by atoms with Gasteiger partial charge in [-0.1, -0.05) is 12.8 Å². The van der Waals surface area contributed by atoms with Gasteiger partial charge >= 0.3 is 0 Å². The molecule has 4 heteroatoms. The lowest BCUT2D eigenvalue weighted by Gasteiger charge is -2.27. The summed E-state index contributed by atoms with van der Waals surface area (Å²) < 4.78 is 0. The third-order valence-corrected chi connectivity index (χ3v) is 3.72. The number of carbonyl (C=O) groups is 2. The van der Waals surface area contributed by atoms with Gasteiger partial charge in [0.1, 0.15) is 5.78 Å². The van der Waals surface area contributed by atoms with Crippen LogP contribution in [0.4, 0.5) is 0 Å². The molecule has 0 heterocycles. The molecule has 2 aliphatic carbocycles. The lowest BCUT2D eigenvalue weighted by molar-refractivity contribution is -0.176. The van der Waals surface area contributed by atoms with Gasteiger partial charge in [-0.05, 0) is 32.6 Å². The van der Waals surface area contributed by atoms with E-state index in [0.717, 1.165) is 25.7 Å². The van der Waals surface area contributed by atoms with Crippen molar-refractivity contribution >= 4 is 11.7 Å².